The number of carbonyl (C=O) groups is 1. The van der Waals surface area contributed by atoms with Crippen LogP contribution in [0.3, 0.4) is 0 Å². The molecule has 0 radical (unpaired) electrons. The fourth-order valence-electron chi connectivity index (χ4n) is 1.94. The lowest BCUT2D eigenvalue weighted by molar-refractivity contribution is 0.187. The van der Waals surface area contributed by atoms with E-state index in [1.165, 1.54) is 13.2 Å². The zero-order chi connectivity index (χ0) is 12.3. The maximum Gasteiger partial charge on any atom is 0.411 e. The SMILES string of the molecule is COC(=O)Nc1cc(N2CCCC2)ccc1F. The largest absolute Gasteiger partial charge is 0.453 e. The predicted molar refractivity (Wildman–Crippen MR) is 63.9 cm³/mol. The molecule has 1 aromatic carbocycles. The Hall–Kier alpha value is -1.78. The van der Waals surface area contributed by atoms with Crippen LogP contribution < -0.4 is 10.2 Å². The van der Waals surface area contributed by atoms with Crippen LogP contribution in [0.1, 0.15) is 12.8 Å². The van der Waals surface area contributed by atoms with Gasteiger partial charge in [-0.2, -0.15) is 0 Å². The average Bonchev–Trinajstić information content (AvgIpc) is 2.85. The predicted octanol–water partition coefficient (Wildman–Crippen LogP) is 2.60. The van der Waals surface area contributed by atoms with Crippen molar-refractivity contribution in [2.45, 2.75) is 12.8 Å². The van der Waals surface area contributed by atoms with Gasteiger partial charge in [0.1, 0.15) is 5.82 Å². The Morgan fingerprint density at radius 2 is 2.12 bits per heavy atom. The zero-order valence-electron chi connectivity index (χ0n) is 9.70. The van der Waals surface area contributed by atoms with Crippen molar-refractivity contribution in [1.29, 1.82) is 0 Å². The molecular weight excluding hydrogens is 223 g/mol. The molecule has 1 heterocycles. The summed E-state index contributed by atoms with van der Waals surface area (Å²) in [6.07, 6.45) is 1.64. The van der Waals surface area contributed by atoms with Crippen LogP contribution in [-0.2, 0) is 4.74 Å². The molecule has 92 valence electrons. The van der Waals surface area contributed by atoms with Gasteiger partial charge in [0.2, 0.25) is 0 Å². The lowest BCUT2D eigenvalue weighted by Crippen LogP contribution is -2.18. The van der Waals surface area contributed by atoms with Crippen molar-refractivity contribution in [1.82, 2.24) is 0 Å². The second kappa shape index (κ2) is 5.03. The standard InChI is InChI=1S/C12H15FN2O2/c1-17-12(16)14-11-8-9(4-5-10(11)13)15-6-2-3-7-15/h4-5,8H,2-3,6-7H2,1H3,(H,14,16). The van der Waals surface area contributed by atoms with Gasteiger partial charge in [-0.15, -0.1) is 0 Å². The molecule has 1 aliphatic heterocycles. The van der Waals surface area contributed by atoms with Crippen molar-refractivity contribution in [2.75, 3.05) is 30.4 Å². The van der Waals surface area contributed by atoms with Crippen molar-refractivity contribution < 1.29 is 13.9 Å². The summed E-state index contributed by atoms with van der Waals surface area (Å²) < 4.78 is 17.9. The number of amides is 1. The number of nitrogens with zero attached hydrogens (tertiary/aromatic N) is 1. The van der Waals surface area contributed by atoms with Crippen molar-refractivity contribution >= 4 is 17.5 Å². The Labute approximate surface area is 99.4 Å². The summed E-state index contributed by atoms with van der Waals surface area (Å²) in [7, 11) is 1.25. The number of nitrogens with one attached hydrogen (secondary N) is 1. The number of rotatable bonds is 2. The number of benzene rings is 1. The minimum absolute atomic E-state index is 0.154. The van der Waals surface area contributed by atoms with E-state index in [-0.39, 0.29) is 5.69 Å². The topological polar surface area (TPSA) is 41.6 Å². The van der Waals surface area contributed by atoms with Gasteiger partial charge in [-0.05, 0) is 31.0 Å². The second-order valence-electron chi connectivity index (χ2n) is 3.97. The molecule has 17 heavy (non-hydrogen) atoms. The summed E-state index contributed by atoms with van der Waals surface area (Å²) in [5, 5.41) is 2.36. The highest BCUT2D eigenvalue weighted by molar-refractivity contribution is 5.85. The highest BCUT2D eigenvalue weighted by Crippen LogP contribution is 2.25. The van der Waals surface area contributed by atoms with Crippen molar-refractivity contribution in [3.8, 4) is 0 Å². The third-order valence-electron chi connectivity index (χ3n) is 2.84. The molecule has 0 atom stereocenters. The first-order valence-corrected chi connectivity index (χ1v) is 5.60. The number of halogens is 1. The molecule has 0 spiro atoms. The Morgan fingerprint density at radius 3 is 2.76 bits per heavy atom. The first-order valence-electron chi connectivity index (χ1n) is 5.60. The fraction of sp³-hybridized carbons (Fsp3) is 0.417. The molecule has 5 heteroatoms. The van der Waals surface area contributed by atoms with E-state index in [1.807, 2.05) is 0 Å². The molecule has 1 amide bonds. The van der Waals surface area contributed by atoms with Crippen LogP contribution in [0.4, 0.5) is 20.6 Å². The van der Waals surface area contributed by atoms with Gasteiger partial charge in [-0.3, -0.25) is 5.32 Å². The van der Waals surface area contributed by atoms with E-state index < -0.39 is 11.9 Å². The maximum atomic E-state index is 13.5. The van der Waals surface area contributed by atoms with Crippen molar-refractivity contribution in [3.05, 3.63) is 24.0 Å². The van der Waals surface area contributed by atoms with Crippen molar-refractivity contribution in [2.24, 2.45) is 0 Å². The molecule has 1 saturated heterocycles. The van der Waals surface area contributed by atoms with Gasteiger partial charge in [0.05, 0.1) is 12.8 Å². The van der Waals surface area contributed by atoms with E-state index in [0.29, 0.717) is 0 Å². The van der Waals surface area contributed by atoms with E-state index in [2.05, 4.69) is 15.0 Å². The lowest BCUT2D eigenvalue weighted by atomic mass is 10.2. The molecular formula is C12H15FN2O2. The Balaban J connectivity index is 2.19. The molecule has 1 aromatic rings. The average molecular weight is 238 g/mol. The third kappa shape index (κ3) is 2.67. The third-order valence-corrected chi connectivity index (χ3v) is 2.84. The molecule has 0 saturated carbocycles. The summed E-state index contributed by atoms with van der Waals surface area (Å²) >= 11 is 0. The summed E-state index contributed by atoms with van der Waals surface area (Å²) in [4.78, 5) is 13.2. The molecule has 0 unspecified atom stereocenters. The highest BCUT2D eigenvalue weighted by Gasteiger charge is 2.15. The van der Waals surface area contributed by atoms with E-state index in [9.17, 15) is 9.18 Å². The summed E-state index contributed by atoms with van der Waals surface area (Å²) in [6.45, 7) is 1.95. The molecule has 1 fully saturated rings. The van der Waals surface area contributed by atoms with Crippen LogP contribution in [0, 0.1) is 5.82 Å². The molecule has 0 bridgehead atoms. The van der Waals surface area contributed by atoms with Crippen LogP contribution in [-0.4, -0.2) is 26.3 Å². The monoisotopic (exact) mass is 238 g/mol. The zero-order valence-corrected chi connectivity index (χ0v) is 9.70. The first kappa shape index (κ1) is 11.7. The first-order chi connectivity index (χ1) is 8.20. The highest BCUT2D eigenvalue weighted by atomic mass is 19.1. The summed E-state index contributed by atoms with van der Waals surface area (Å²) in [5.74, 6) is -0.460. The van der Waals surface area contributed by atoms with Gasteiger partial charge in [0, 0.05) is 18.8 Å². The van der Waals surface area contributed by atoms with Gasteiger partial charge >= 0.3 is 6.09 Å². The van der Waals surface area contributed by atoms with Gasteiger partial charge in [0.25, 0.3) is 0 Å². The normalized spacial score (nSPS) is 14.8. The lowest BCUT2D eigenvalue weighted by Gasteiger charge is -2.18. The van der Waals surface area contributed by atoms with Crippen LogP contribution in [0.5, 0.6) is 0 Å². The van der Waals surface area contributed by atoms with Gasteiger partial charge in [-0.25, -0.2) is 9.18 Å². The number of anilines is 2. The summed E-state index contributed by atoms with van der Waals surface area (Å²) in [6, 6.07) is 4.72. The van der Waals surface area contributed by atoms with Gasteiger partial charge in [0.15, 0.2) is 0 Å². The van der Waals surface area contributed by atoms with E-state index in [4.69, 9.17) is 0 Å². The Bertz CT molecular complexity index is 417. The number of hydrogen-bond donors (Lipinski definition) is 1. The van der Waals surface area contributed by atoms with Crippen LogP contribution in [0.2, 0.25) is 0 Å². The summed E-state index contributed by atoms with van der Waals surface area (Å²) in [5.41, 5.74) is 1.08. The van der Waals surface area contributed by atoms with E-state index >= 15 is 0 Å². The minimum Gasteiger partial charge on any atom is -0.453 e. The number of carbonyl (C=O) groups excluding carboxylic acids is 1. The van der Waals surface area contributed by atoms with Crippen LogP contribution in [0.25, 0.3) is 0 Å². The van der Waals surface area contributed by atoms with Gasteiger partial charge < -0.3 is 9.64 Å². The molecule has 1 aliphatic rings. The Kier molecular flexibility index (Phi) is 3.46. The van der Waals surface area contributed by atoms with Crippen LogP contribution in [0.15, 0.2) is 18.2 Å². The van der Waals surface area contributed by atoms with Crippen LogP contribution >= 0.6 is 0 Å². The quantitative estimate of drug-likeness (QED) is 0.861. The molecule has 4 nitrogen and oxygen atoms in total. The molecule has 1 N–H and O–H groups in total. The van der Waals surface area contributed by atoms with Crippen molar-refractivity contribution in [3.63, 3.8) is 0 Å². The molecule has 0 aromatic heterocycles. The number of ether oxygens (including phenoxy) is 1. The van der Waals surface area contributed by atoms with E-state index in [0.717, 1.165) is 31.6 Å². The Morgan fingerprint density at radius 1 is 1.41 bits per heavy atom. The maximum absolute atomic E-state index is 13.5. The number of hydrogen-bond acceptors (Lipinski definition) is 3. The number of methoxy groups -OCH3 is 1. The van der Waals surface area contributed by atoms with Gasteiger partial charge in [-0.1, -0.05) is 0 Å². The smallest absolute Gasteiger partial charge is 0.411 e. The van der Waals surface area contributed by atoms with E-state index in [1.54, 1.807) is 12.1 Å². The second-order valence-corrected chi connectivity index (χ2v) is 3.97. The molecule has 2 rings (SSSR count). The minimum atomic E-state index is -0.664. The fourth-order valence-corrected chi connectivity index (χ4v) is 1.94. The molecule has 0 aliphatic carbocycles.